The van der Waals surface area contributed by atoms with E-state index >= 15 is 0 Å². The number of hydrogen-bond acceptors (Lipinski definition) is 1. The summed E-state index contributed by atoms with van der Waals surface area (Å²) in [6, 6.07) is 11.1. The SMILES string of the molecule is c1ccc(C2C[C@@H]2CCC2CCCNCC2)cc1. The summed E-state index contributed by atoms with van der Waals surface area (Å²) in [6.07, 6.45) is 8.62. The van der Waals surface area contributed by atoms with Crippen molar-refractivity contribution < 1.29 is 0 Å². The van der Waals surface area contributed by atoms with E-state index in [1.165, 1.54) is 51.6 Å². The summed E-state index contributed by atoms with van der Waals surface area (Å²) in [5, 5.41) is 3.52. The molecule has 18 heavy (non-hydrogen) atoms. The average Bonchev–Trinajstić information content (AvgIpc) is 3.22. The van der Waals surface area contributed by atoms with Crippen LogP contribution in [0.1, 0.15) is 50.0 Å². The highest BCUT2D eigenvalue weighted by Gasteiger charge is 2.37. The molecule has 1 heterocycles. The van der Waals surface area contributed by atoms with Gasteiger partial charge in [-0.3, -0.25) is 0 Å². The van der Waals surface area contributed by atoms with E-state index < -0.39 is 0 Å². The fourth-order valence-electron chi connectivity index (χ4n) is 3.50. The summed E-state index contributed by atoms with van der Waals surface area (Å²) >= 11 is 0. The van der Waals surface area contributed by atoms with Crippen molar-refractivity contribution in [3.8, 4) is 0 Å². The average molecular weight is 243 g/mol. The first-order valence-electron chi connectivity index (χ1n) is 7.69. The van der Waals surface area contributed by atoms with Crippen LogP contribution in [0.2, 0.25) is 0 Å². The molecular weight excluding hydrogens is 218 g/mol. The highest BCUT2D eigenvalue weighted by molar-refractivity contribution is 5.25. The van der Waals surface area contributed by atoms with Gasteiger partial charge in [0.15, 0.2) is 0 Å². The molecule has 1 heteroatoms. The summed E-state index contributed by atoms with van der Waals surface area (Å²) in [7, 11) is 0. The summed E-state index contributed by atoms with van der Waals surface area (Å²) < 4.78 is 0. The van der Waals surface area contributed by atoms with E-state index in [4.69, 9.17) is 0 Å². The molecule has 3 atom stereocenters. The van der Waals surface area contributed by atoms with E-state index in [9.17, 15) is 0 Å². The van der Waals surface area contributed by atoms with Crippen molar-refractivity contribution >= 4 is 0 Å². The quantitative estimate of drug-likeness (QED) is 0.844. The second kappa shape index (κ2) is 5.88. The Kier molecular flexibility index (Phi) is 3.99. The van der Waals surface area contributed by atoms with Gasteiger partial charge in [0.1, 0.15) is 0 Å². The van der Waals surface area contributed by atoms with Crippen LogP contribution in [0, 0.1) is 11.8 Å². The first-order valence-corrected chi connectivity index (χ1v) is 7.69. The van der Waals surface area contributed by atoms with Gasteiger partial charge in [0.2, 0.25) is 0 Å². The summed E-state index contributed by atoms with van der Waals surface area (Å²) in [5.74, 6) is 2.87. The molecule has 1 aromatic rings. The topological polar surface area (TPSA) is 12.0 Å². The Balaban J connectivity index is 1.43. The van der Waals surface area contributed by atoms with Crippen molar-refractivity contribution in [2.24, 2.45) is 11.8 Å². The van der Waals surface area contributed by atoms with Gasteiger partial charge in [0.25, 0.3) is 0 Å². The van der Waals surface area contributed by atoms with Crippen LogP contribution < -0.4 is 5.32 Å². The number of nitrogens with one attached hydrogen (secondary N) is 1. The first-order chi connectivity index (χ1) is 8.93. The van der Waals surface area contributed by atoms with Gasteiger partial charge in [-0.05, 0) is 68.5 Å². The van der Waals surface area contributed by atoms with Gasteiger partial charge < -0.3 is 5.32 Å². The molecule has 3 rings (SSSR count). The minimum atomic E-state index is 0.884. The van der Waals surface area contributed by atoms with Crippen LogP contribution in [0.5, 0.6) is 0 Å². The highest BCUT2D eigenvalue weighted by atomic mass is 14.8. The van der Waals surface area contributed by atoms with Crippen molar-refractivity contribution in [3.05, 3.63) is 35.9 Å². The normalized spacial score (nSPS) is 31.9. The van der Waals surface area contributed by atoms with Crippen LogP contribution in [-0.4, -0.2) is 13.1 Å². The monoisotopic (exact) mass is 243 g/mol. The Hall–Kier alpha value is -0.820. The highest BCUT2D eigenvalue weighted by Crippen LogP contribution is 2.50. The van der Waals surface area contributed by atoms with Gasteiger partial charge in [-0.25, -0.2) is 0 Å². The van der Waals surface area contributed by atoms with Gasteiger partial charge in [0.05, 0.1) is 0 Å². The van der Waals surface area contributed by atoms with E-state index in [0.29, 0.717) is 0 Å². The molecule has 1 N–H and O–H groups in total. The molecule has 1 saturated carbocycles. The Labute approximate surface area is 111 Å². The minimum absolute atomic E-state index is 0.884. The van der Waals surface area contributed by atoms with E-state index in [2.05, 4.69) is 35.6 Å². The molecular formula is C17H25N. The zero-order valence-corrected chi connectivity index (χ0v) is 11.3. The fourth-order valence-corrected chi connectivity index (χ4v) is 3.50. The molecule has 1 saturated heterocycles. The fraction of sp³-hybridized carbons (Fsp3) is 0.647. The van der Waals surface area contributed by atoms with Crippen LogP contribution in [0.25, 0.3) is 0 Å². The molecule has 1 aliphatic heterocycles. The maximum atomic E-state index is 3.52. The summed E-state index contributed by atoms with van der Waals surface area (Å²) in [4.78, 5) is 0. The van der Waals surface area contributed by atoms with Crippen LogP contribution in [-0.2, 0) is 0 Å². The molecule has 0 radical (unpaired) electrons. The van der Waals surface area contributed by atoms with Gasteiger partial charge in [-0.1, -0.05) is 36.8 Å². The molecule has 1 nitrogen and oxygen atoms in total. The van der Waals surface area contributed by atoms with Crippen molar-refractivity contribution in [1.82, 2.24) is 5.32 Å². The van der Waals surface area contributed by atoms with E-state index in [1.807, 2.05) is 0 Å². The smallest absolute Gasteiger partial charge is 0.00463 e. The lowest BCUT2D eigenvalue weighted by Crippen LogP contribution is -2.14. The van der Waals surface area contributed by atoms with Crippen LogP contribution >= 0.6 is 0 Å². The molecule has 0 aromatic heterocycles. The Bertz CT molecular complexity index is 351. The van der Waals surface area contributed by atoms with E-state index in [-0.39, 0.29) is 0 Å². The van der Waals surface area contributed by atoms with E-state index in [0.717, 1.165) is 17.8 Å². The largest absolute Gasteiger partial charge is 0.317 e. The summed E-state index contributed by atoms with van der Waals surface area (Å²) in [6.45, 7) is 2.49. The Morgan fingerprint density at radius 2 is 1.89 bits per heavy atom. The Morgan fingerprint density at radius 3 is 2.78 bits per heavy atom. The molecule has 2 aliphatic rings. The van der Waals surface area contributed by atoms with Crippen LogP contribution in [0.3, 0.4) is 0 Å². The van der Waals surface area contributed by atoms with Crippen molar-refractivity contribution in [1.29, 1.82) is 0 Å². The van der Waals surface area contributed by atoms with Gasteiger partial charge >= 0.3 is 0 Å². The predicted octanol–water partition coefficient (Wildman–Crippen LogP) is 3.96. The molecule has 1 aromatic carbocycles. The number of hydrogen-bond donors (Lipinski definition) is 1. The van der Waals surface area contributed by atoms with Crippen molar-refractivity contribution in [2.75, 3.05) is 13.1 Å². The molecule has 0 bridgehead atoms. The molecule has 1 aliphatic carbocycles. The Morgan fingerprint density at radius 1 is 1.00 bits per heavy atom. The molecule has 0 spiro atoms. The van der Waals surface area contributed by atoms with Gasteiger partial charge in [-0.15, -0.1) is 0 Å². The zero-order chi connectivity index (χ0) is 12.2. The predicted molar refractivity (Wildman–Crippen MR) is 76.7 cm³/mol. The van der Waals surface area contributed by atoms with Crippen LogP contribution in [0.15, 0.2) is 30.3 Å². The number of benzene rings is 1. The zero-order valence-electron chi connectivity index (χ0n) is 11.3. The third-order valence-corrected chi connectivity index (χ3v) is 4.79. The maximum absolute atomic E-state index is 3.52. The van der Waals surface area contributed by atoms with E-state index in [1.54, 1.807) is 5.56 Å². The molecule has 2 unspecified atom stereocenters. The molecule has 98 valence electrons. The third-order valence-electron chi connectivity index (χ3n) is 4.79. The second-order valence-electron chi connectivity index (χ2n) is 6.14. The first kappa shape index (κ1) is 12.2. The van der Waals surface area contributed by atoms with Crippen molar-refractivity contribution in [3.63, 3.8) is 0 Å². The molecule has 2 fully saturated rings. The maximum Gasteiger partial charge on any atom is -0.00463 e. The lowest BCUT2D eigenvalue weighted by molar-refractivity contribution is 0.411. The minimum Gasteiger partial charge on any atom is -0.317 e. The molecule has 0 amide bonds. The standard InChI is InChI=1S/C17H25N/c1-2-6-15(7-3-1)17-13-16(17)9-8-14-5-4-11-18-12-10-14/h1-3,6-7,14,16-18H,4-5,8-13H2/t14?,16-,17?/m0/s1. The lowest BCUT2D eigenvalue weighted by atomic mass is 9.93. The summed E-state index contributed by atoms with van der Waals surface area (Å²) in [5.41, 5.74) is 1.57. The van der Waals surface area contributed by atoms with Gasteiger partial charge in [0, 0.05) is 0 Å². The van der Waals surface area contributed by atoms with Crippen LogP contribution in [0.4, 0.5) is 0 Å². The second-order valence-corrected chi connectivity index (χ2v) is 6.14. The van der Waals surface area contributed by atoms with Crippen molar-refractivity contribution in [2.45, 2.75) is 44.4 Å². The third kappa shape index (κ3) is 3.14. The number of rotatable bonds is 4. The van der Waals surface area contributed by atoms with Gasteiger partial charge in [-0.2, -0.15) is 0 Å². The lowest BCUT2D eigenvalue weighted by Gasteiger charge is -2.12.